The number of nitrogens with zero attached hydrogens (tertiary/aromatic N) is 3. The van der Waals surface area contributed by atoms with E-state index in [2.05, 4.69) is 17.0 Å². The van der Waals surface area contributed by atoms with Crippen molar-refractivity contribution in [2.24, 2.45) is 0 Å². The van der Waals surface area contributed by atoms with Crippen molar-refractivity contribution in [3.8, 4) is 5.75 Å². The van der Waals surface area contributed by atoms with Gasteiger partial charge in [0.1, 0.15) is 11.8 Å². The molecule has 2 aromatic rings. The Morgan fingerprint density at radius 2 is 1.73 bits per heavy atom. The van der Waals surface area contributed by atoms with E-state index in [0.29, 0.717) is 24.5 Å². The smallest absolute Gasteiger partial charge is 0.246 e. The molecule has 1 saturated heterocycles. The lowest BCUT2D eigenvalue weighted by molar-refractivity contribution is -0.133. The molecule has 0 bridgehead atoms. The highest BCUT2D eigenvalue weighted by molar-refractivity contribution is 7.92. The molecule has 0 aliphatic carbocycles. The fraction of sp³-hybridized carbons (Fsp3) is 0.409. The van der Waals surface area contributed by atoms with Crippen LogP contribution >= 0.6 is 0 Å². The van der Waals surface area contributed by atoms with E-state index in [4.69, 9.17) is 4.74 Å². The van der Waals surface area contributed by atoms with Crippen molar-refractivity contribution in [2.45, 2.75) is 19.5 Å². The number of benzene rings is 2. The van der Waals surface area contributed by atoms with Crippen molar-refractivity contribution in [2.75, 3.05) is 43.8 Å². The van der Waals surface area contributed by atoms with Gasteiger partial charge in [0, 0.05) is 38.8 Å². The van der Waals surface area contributed by atoms with Crippen molar-refractivity contribution >= 4 is 21.6 Å². The Balaban J connectivity index is 1.68. The molecule has 30 heavy (non-hydrogen) atoms. The fourth-order valence-corrected chi connectivity index (χ4v) is 4.94. The summed E-state index contributed by atoms with van der Waals surface area (Å²) in [5.74, 6) is 0.345. The summed E-state index contributed by atoms with van der Waals surface area (Å²) in [6.07, 6.45) is 1.12. The molecule has 1 atom stereocenters. The third kappa shape index (κ3) is 5.31. The van der Waals surface area contributed by atoms with Crippen LogP contribution in [0.4, 0.5) is 5.69 Å². The first-order valence-electron chi connectivity index (χ1n) is 9.98. The summed E-state index contributed by atoms with van der Waals surface area (Å²) in [7, 11) is -2.14. The van der Waals surface area contributed by atoms with E-state index in [0.717, 1.165) is 25.9 Å². The molecule has 1 fully saturated rings. The van der Waals surface area contributed by atoms with E-state index >= 15 is 0 Å². The summed E-state index contributed by atoms with van der Waals surface area (Å²) < 4.78 is 31.4. The van der Waals surface area contributed by atoms with Gasteiger partial charge in [-0.3, -0.25) is 14.0 Å². The van der Waals surface area contributed by atoms with Crippen LogP contribution in [0.25, 0.3) is 0 Å². The SMILES string of the molecule is COc1cccc(N(C(C)C(=O)N2CCN(Cc3ccccc3)CC2)S(C)(=O)=O)c1. The highest BCUT2D eigenvalue weighted by Gasteiger charge is 2.33. The van der Waals surface area contributed by atoms with E-state index in [1.165, 1.54) is 17.0 Å². The lowest BCUT2D eigenvalue weighted by Gasteiger charge is -2.38. The minimum absolute atomic E-state index is 0.192. The lowest BCUT2D eigenvalue weighted by atomic mass is 10.2. The van der Waals surface area contributed by atoms with Crippen LogP contribution in [0.2, 0.25) is 0 Å². The van der Waals surface area contributed by atoms with Gasteiger partial charge in [0.05, 0.1) is 19.1 Å². The van der Waals surface area contributed by atoms with E-state index < -0.39 is 16.1 Å². The maximum Gasteiger partial charge on any atom is 0.246 e. The van der Waals surface area contributed by atoms with Crippen molar-refractivity contribution < 1.29 is 17.9 Å². The minimum Gasteiger partial charge on any atom is -0.497 e. The van der Waals surface area contributed by atoms with Gasteiger partial charge in [-0.05, 0) is 24.6 Å². The molecule has 3 rings (SSSR count). The van der Waals surface area contributed by atoms with Gasteiger partial charge in [0.2, 0.25) is 15.9 Å². The number of amides is 1. The Morgan fingerprint density at radius 3 is 2.33 bits per heavy atom. The number of piperazine rings is 1. The van der Waals surface area contributed by atoms with Crippen LogP contribution in [0.1, 0.15) is 12.5 Å². The average Bonchev–Trinajstić information content (AvgIpc) is 2.74. The van der Waals surface area contributed by atoms with Crippen molar-refractivity contribution in [1.29, 1.82) is 0 Å². The van der Waals surface area contributed by atoms with Gasteiger partial charge in [-0.2, -0.15) is 0 Å². The van der Waals surface area contributed by atoms with Crippen molar-refractivity contribution in [1.82, 2.24) is 9.80 Å². The predicted molar refractivity (Wildman–Crippen MR) is 118 cm³/mol. The van der Waals surface area contributed by atoms with E-state index in [1.807, 2.05) is 18.2 Å². The van der Waals surface area contributed by atoms with Gasteiger partial charge in [-0.15, -0.1) is 0 Å². The molecule has 0 saturated carbocycles. The Labute approximate surface area is 178 Å². The van der Waals surface area contributed by atoms with Crippen LogP contribution in [0.5, 0.6) is 5.75 Å². The van der Waals surface area contributed by atoms with Crippen LogP contribution in [0.3, 0.4) is 0 Å². The van der Waals surface area contributed by atoms with E-state index in [-0.39, 0.29) is 5.91 Å². The third-order valence-corrected chi connectivity index (χ3v) is 6.55. The van der Waals surface area contributed by atoms with Gasteiger partial charge < -0.3 is 9.64 Å². The number of hydrogen-bond donors (Lipinski definition) is 0. The van der Waals surface area contributed by atoms with Crippen LogP contribution in [0, 0.1) is 0 Å². The molecule has 0 aromatic heterocycles. The molecule has 1 amide bonds. The highest BCUT2D eigenvalue weighted by Crippen LogP contribution is 2.26. The number of anilines is 1. The average molecular weight is 432 g/mol. The molecular formula is C22H29N3O4S. The molecule has 1 heterocycles. The number of rotatable bonds is 7. The summed E-state index contributed by atoms with van der Waals surface area (Å²) in [6.45, 7) is 5.14. The summed E-state index contributed by atoms with van der Waals surface area (Å²) in [4.78, 5) is 17.2. The normalized spacial score (nSPS) is 16.2. The van der Waals surface area contributed by atoms with Gasteiger partial charge in [-0.1, -0.05) is 36.4 Å². The number of ether oxygens (including phenoxy) is 1. The topological polar surface area (TPSA) is 70.2 Å². The molecule has 0 spiro atoms. The zero-order valence-corrected chi connectivity index (χ0v) is 18.5. The quantitative estimate of drug-likeness (QED) is 0.672. The number of hydrogen-bond acceptors (Lipinski definition) is 5. The Morgan fingerprint density at radius 1 is 1.07 bits per heavy atom. The molecule has 8 heteroatoms. The van der Waals surface area contributed by atoms with E-state index in [9.17, 15) is 13.2 Å². The van der Waals surface area contributed by atoms with Crippen LogP contribution in [-0.4, -0.2) is 69.7 Å². The molecule has 1 aliphatic heterocycles. The summed E-state index contributed by atoms with van der Waals surface area (Å²) in [5, 5.41) is 0. The number of carbonyl (C=O) groups excluding carboxylic acids is 1. The van der Waals surface area contributed by atoms with Crippen LogP contribution < -0.4 is 9.04 Å². The van der Waals surface area contributed by atoms with Crippen LogP contribution in [-0.2, 0) is 21.4 Å². The first-order valence-corrected chi connectivity index (χ1v) is 11.8. The Hall–Kier alpha value is -2.58. The molecular weight excluding hydrogens is 402 g/mol. The largest absolute Gasteiger partial charge is 0.497 e. The van der Waals surface area contributed by atoms with Crippen LogP contribution in [0.15, 0.2) is 54.6 Å². The summed E-state index contributed by atoms with van der Waals surface area (Å²) >= 11 is 0. The van der Waals surface area contributed by atoms with Gasteiger partial charge in [0.25, 0.3) is 0 Å². The van der Waals surface area contributed by atoms with E-state index in [1.54, 1.807) is 36.1 Å². The zero-order valence-electron chi connectivity index (χ0n) is 17.7. The molecule has 0 radical (unpaired) electrons. The predicted octanol–water partition coefficient (Wildman–Crippen LogP) is 2.19. The molecule has 2 aromatic carbocycles. The van der Waals surface area contributed by atoms with Gasteiger partial charge in [0.15, 0.2) is 0 Å². The molecule has 7 nitrogen and oxygen atoms in total. The standard InChI is InChI=1S/C22H29N3O4S/c1-18(25(30(3,27)28)20-10-7-11-21(16-20)29-2)22(26)24-14-12-23(13-15-24)17-19-8-5-4-6-9-19/h4-11,16,18H,12-15,17H2,1-3H3. The molecule has 1 aliphatic rings. The number of methoxy groups -OCH3 is 1. The second-order valence-electron chi connectivity index (χ2n) is 7.52. The molecule has 162 valence electrons. The fourth-order valence-electron chi connectivity index (χ4n) is 3.78. The van der Waals surface area contributed by atoms with Crippen molar-refractivity contribution in [3.05, 3.63) is 60.2 Å². The third-order valence-electron chi connectivity index (χ3n) is 5.31. The Kier molecular flexibility index (Phi) is 6.99. The summed E-state index contributed by atoms with van der Waals surface area (Å²) in [6, 6.07) is 16.1. The number of sulfonamides is 1. The number of carbonyl (C=O) groups is 1. The monoisotopic (exact) mass is 431 g/mol. The maximum atomic E-state index is 13.1. The zero-order chi connectivity index (χ0) is 21.7. The second-order valence-corrected chi connectivity index (χ2v) is 9.38. The van der Waals surface area contributed by atoms with Gasteiger partial charge >= 0.3 is 0 Å². The van der Waals surface area contributed by atoms with Crippen molar-refractivity contribution in [3.63, 3.8) is 0 Å². The highest BCUT2D eigenvalue weighted by atomic mass is 32.2. The lowest BCUT2D eigenvalue weighted by Crippen LogP contribution is -2.55. The summed E-state index contributed by atoms with van der Waals surface area (Å²) in [5.41, 5.74) is 1.66. The Bertz CT molecular complexity index is 957. The minimum atomic E-state index is -3.66. The maximum absolute atomic E-state index is 13.1. The first-order chi connectivity index (χ1) is 14.3. The second kappa shape index (κ2) is 9.49. The molecule has 0 N–H and O–H groups in total. The first kappa shape index (κ1) is 22.1. The molecule has 1 unspecified atom stereocenters. The van der Waals surface area contributed by atoms with Gasteiger partial charge in [-0.25, -0.2) is 8.42 Å².